The summed E-state index contributed by atoms with van der Waals surface area (Å²) in [5.41, 5.74) is 3.92. The van der Waals surface area contributed by atoms with Crippen molar-refractivity contribution in [2.75, 3.05) is 5.32 Å². The third kappa shape index (κ3) is 2.99. The molecular formula is C20H15N3O2. The van der Waals surface area contributed by atoms with Gasteiger partial charge in [0.1, 0.15) is 0 Å². The van der Waals surface area contributed by atoms with Crippen LogP contribution in [0.5, 0.6) is 0 Å². The van der Waals surface area contributed by atoms with Crippen LogP contribution < -0.4 is 5.32 Å². The lowest BCUT2D eigenvalue weighted by atomic mass is 10.1. The number of anilines is 1. The zero-order chi connectivity index (χ0) is 17.2. The summed E-state index contributed by atoms with van der Waals surface area (Å²) in [6, 6.07) is 16.8. The smallest absolute Gasteiger partial charge is 0.255 e. The zero-order valence-corrected chi connectivity index (χ0v) is 13.6. The molecule has 0 aliphatic heterocycles. The molecule has 1 N–H and O–H groups in total. The molecule has 0 radical (unpaired) electrons. The lowest BCUT2D eigenvalue weighted by molar-refractivity contribution is 0.102. The molecule has 0 bridgehead atoms. The van der Waals surface area contributed by atoms with Crippen molar-refractivity contribution >= 4 is 22.5 Å². The van der Waals surface area contributed by atoms with Crippen LogP contribution in [-0.4, -0.2) is 15.9 Å². The molecule has 1 amide bonds. The summed E-state index contributed by atoms with van der Waals surface area (Å²) in [7, 11) is 0. The number of aromatic nitrogens is 2. The van der Waals surface area contributed by atoms with Gasteiger partial charge in [-0.05, 0) is 31.2 Å². The number of fused-ring (bicyclic) bond motifs is 1. The number of carbonyl (C=O) groups is 1. The topological polar surface area (TPSA) is 68.0 Å². The van der Waals surface area contributed by atoms with Gasteiger partial charge in [0, 0.05) is 22.2 Å². The summed E-state index contributed by atoms with van der Waals surface area (Å²) in [5, 5.41) is 3.90. The Labute approximate surface area is 144 Å². The number of pyridine rings is 1. The van der Waals surface area contributed by atoms with Crippen LogP contribution in [0.15, 0.2) is 71.6 Å². The van der Waals surface area contributed by atoms with Crippen molar-refractivity contribution in [2.45, 2.75) is 6.92 Å². The van der Waals surface area contributed by atoms with E-state index in [1.807, 2.05) is 49.4 Å². The summed E-state index contributed by atoms with van der Waals surface area (Å²) in [6.45, 7) is 1.91. The number of hydrogen-bond acceptors (Lipinski definition) is 4. The van der Waals surface area contributed by atoms with Crippen molar-refractivity contribution in [2.24, 2.45) is 0 Å². The predicted molar refractivity (Wildman–Crippen MR) is 96.4 cm³/mol. The van der Waals surface area contributed by atoms with E-state index in [0.717, 1.165) is 27.8 Å². The van der Waals surface area contributed by atoms with E-state index in [2.05, 4.69) is 15.3 Å². The normalized spacial score (nSPS) is 10.8. The largest absolute Gasteiger partial charge is 0.444 e. The van der Waals surface area contributed by atoms with Crippen LogP contribution >= 0.6 is 0 Å². The summed E-state index contributed by atoms with van der Waals surface area (Å²) >= 11 is 0. The van der Waals surface area contributed by atoms with Gasteiger partial charge in [-0.15, -0.1) is 0 Å². The highest BCUT2D eigenvalue weighted by Gasteiger charge is 2.10. The van der Waals surface area contributed by atoms with Gasteiger partial charge in [-0.1, -0.05) is 30.3 Å². The second-order valence-electron chi connectivity index (χ2n) is 5.73. The second-order valence-corrected chi connectivity index (χ2v) is 5.73. The molecule has 0 aliphatic carbocycles. The standard InChI is InChI=1S/C20H15N3O2/c1-13-10-18(16-4-2-3-5-17(16)22-13)23-20(24)15-8-6-14(7-9-15)19-11-21-12-25-19/h2-12H,1H3,(H,22,23,24). The van der Waals surface area contributed by atoms with E-state index in [0.29, 0.717) is 11.3 Å². The highest BCUT2D eigenvalue weighted by molar-refractivity contribution is 6.08. The van der Waals surface area contributed by atoms with Gasteiger partial charge in [0.25, 0.3) is 5.91 Å². The van der Waals surface area contributed by atoms with Crippen LogP contribution in [0, 0.1) is 6.92 Å². The van der Waals surface area contributed by atoms with Gasteiger partial charge in [0.05, 0.1) is 17.4 Å². The molecular weight excluding hydrogens is 314 g/mol. The van der Waals surface area contributed by atoms with Crippen LogP contribution in [0.2, 0.25) is 0 Å². The fourth-order valence-corrected chi connectivity index (χ4v) is 2.75. The summed E-state index contributed by atoms with van der Waals surface area (Å²) < 4.78 is 5.26. The molecule has 2 heterocycles. The highest BCUT2D eigenvalue weighted by atomic mass is 16.3. The number of amides is 1. The first kappa shape index (κ1) is 15.1. The van der Waals surface area contributed by atoms with E-state index in [1.165, 1.54) is 6.39 Å². The fraction of sp³-hybridized carbons (Fsp3) is 0.0500. The quantitative estimate of drug-likeness (QED) is 0.603. The van der Waals surface area contributed by atoms with Crippen LogP contribution in [0.4, 0.5) is 5.69 Å². The molecule has 0 atom stereocenters. The summed E-state index contributed by atoms with van der Waals surface area (Å²) in [5.74, 6) is 0.502. The van der Waals surface area contributed by atoms with Crippen molar-refractivity contribution in [1.82, 2.24) is 9.97 Å². The van der Waals surface area contributed by atoms with Crippen LogP contribution in [-0.2, 0) is 0 Å². The maximum absolute atomic E-state index is 12.6. The van der Waals surface area contributed by atoms with Crippen molar-refractivity contribution in [3.63, 3.8) is 0 Å². The Balaban J connectivity index is 1.62. The Morgan fingerprint density at radius 3 is 2.64 bits per heavy atom. The molecule has 0 saturated carbocycles. The summed E-state index contributed by atoms with van der Waals surface area (Å²) in [6.07, 6.45) is 3.02. The van der Waals surface area contributed by atoms with E-state index in [4.69, 9.17) is 4.42 Å². The minimum Gasteiger partial charge on any atom is -0.444 e. The van der Waals surface area contributed by atoms with Gasteiger partial charge in [0.2, 0.25) is 0 Å². The van der Waals surface area contributed by atoms with Gasteiger partial charge in [0.15, 0.2) is 12.2 Å². The lowest BCUT2D eigenvalue weighted by Gasteiger charge is -2.10. The highest BCUT2D eigenvalue weighted by Crippen LogP contribution is 2.24. The monoisotopic (exact) mass is 329 g/mol. The van der Waals surface area contributed by atoms with E-state index in [9.17, 15) is 4.79 Å². The van der Waals surface area contributed by atoms with E-state index >= 15 is 0 Å². The van der Waals surface area contributed by atoms with E-state index < -0.39 is 0 Å². The van der Waals surface area contributed by atoms with Crippen molar-refractivity contribution in [3.05, 3.63) is 78.4 Å². The molecule has 0 aliphatic rings. The number of oxazole rings is 1. The molecule has 5 nitrogen and oxygen atoms in total. The van der Waals surface area contributed by atoms with Crippen molar-refractivity contribution in [1.29, 1.82) is 0 Å². The average molecular weight is 329 g/mol. The molecule has 4 aromatic rings. The molecule has 2 aromatic heterocycles. The molecule has 25 heavy (non-hydrogen) atoms. The number of nitrogens with zero attached hydrogens (tertiary/aromatic N) is 2. The first-order valence-electron chi connectivity index (χ1n) is 7.87. The Kier molecular flexibility index (Phi) is 3.74. The molecule has 0 saturated heterocycles. The molecule has 2 aromatic carbocycles. The van der Waals surface area contributed by atoms with Crippen LogP contribution in [0.3, 0.4) is 0 Å². The Morgan fingerprint density at radius 1 is 1.08 bits per heavy atom. The molecule has 0 fully saturated rings. The molecule has 0 spiro atoms. The number of benzene rings is 2. The van der Waals surface area contributed by atoms with E-state index in [-0.39, 0.29) is 5.91 Å². The number of nitrogens with one attached hydrogen (secondary N) is 1. The first-order valence-corrected chi connectivity index (χ1v) is 7.87. The van der Waals surface area contributed by atoms with E-state index in [1.54, 1.807) is 18.3 Å². The maximum atomic E-state index is 12.6. The molecule has 122 valence electrons. The lowest BCUT2D eigenvalue weighted by Crippen LogP contribution is -2.12. The molecule has 5 heteroatoms. The number of carbonyl (C=O) groups excluding carboxylic acids is 1. The van der Waals surface area contributed by atoms with Gasteiger partial charge >= 0.3 is 0 Å². The van der Waals surface area contributed by atoms with Gasteiger partial charge in [-0.3, -0.25) is 9.78 Å². The predicted octanol–water partition coefficient (Wildman–Crippen LogP) is 4.45. The molecule has 0 unspecified atom stereocenters. The van der Waals surface area contributed by atoms with Crippen molar-refractivity contribution < 1.29 is 9.21 Å². The van der Waals surface area contributed by atoms with Gasteiger partial charge in [-0.25, -0.2) is 4.98 Å². The number of para-hydroxylation sites is 1. The zero-order valence-electron chi connectivity index (χ0n) is 13.6. The minimum atomic E-state index is -0.167. The van der Waals surface area contributed by atoms with Crippen molar-refractivity contribution in [3.8, 4) is 11.3 Å². The number of aryl methyl sites for hydroxylation is 1. The number of rotatable bonds is 3. The van der Waals surface area contributed by atoms with Crippen LogP contribution in [0.1, 0.15) is 16.1 Å². The Morgan fingerprint density at radius 2 is 1.88 bits per heavy atom. The minimum absolute atomic E-state index is 0.167. The Bertz CT molecular complexity index is 1040. The Hall–Kier alpha value is -3.47. The van der Waals surface area contributed by atoms with Crippen LogP contribution in [0.25, 0.3) is 22.2 Å². The van der Waals surface area contributed by atoms with Gasteiger partial charge in [-0.2, -0.15) is 0 Å². The fourth-order valence-electron chi connectivity index (χ4n) is 2.75. The SMILES string of the molecule is Cc1cc(NC(=O)c2ccc(-c3cnco3)cc2)c2ccccc2n1. The first-order chi connectivity index (χ1) is 12.2. The third-order valence-electron chi connectivity index (χ3n) is 3.96. The maximum Gasteiger partial charge on any atom is 0.255 e. The average Bonchev–Trinajstić information content (AvgIpc) is 3.16. The third-order valence-corrected chi connectivity index (χ3v) is 3.96. The summed E-state index contributed by atoms with van der Waals surface area (Å²) in [4.78, 5) is 21.0. The number of hydrogen-bond donors (Lipinski definition) is 1. The second kappa shape index (κ2) is 6.20. The van der Waals surface area contributed by atoms with Gasteiger partial charge < -0.3 is 9.73 Å². The molecule has 4 rings (SSSR count).